The van der Waals surface area contributed by atoms with Crippen LogP contribution in [-0.2, 0) is 6.42 Å². The Morgan fingerprint density at radius 1 is 1.20 bits per heavy atom. The van der Waals surface area contributed by atoms with Gasteiger partial charge in [-0.3, -0.25) is 0 Å². The molecular weight excluding hydrogens is 242 g/mol. The van der Waals surface area contributed by atoms with Crippen molar-refractivity contribution in [3.63, 3.8) is 0 Å². The van der Waals surface area contributed by atoms with Gasteiger partial charge in [-0.1, -0.05) is 58.7 Å². The summed E-state index contributed by atoms with van der Waals surface area (Å²) in [7, 11) is 0. The van der Waals surface area contributed by atoms with E-state index >= 15 is 0 Å². The van der Waals surface area contributed by atoms with Crippen LogP contribution in [0, 0.1) is 17.8 Å². The van der Waals surface area contributed by atoms with Crippen LogP contribution in [-0.4, -0.2) is 6.04 Å². The Labute approximate surface area is 125 Å². The average Bonchev–Trinajstić information content (AvgIpc) is 2.41. The van der Waals surface area contributed by atoms with Crippen LogP contribution in [0.3, 0.4) is 0 Å². The Hall–Kier alpha value is -0.980. The molecule has 0 amide bonds. The molecule has 1 aliphatic carbocycles. The molecule has 0 heterocycles. The highest BCUT2D eigenvalue weighted by atomic mass is 14.9. The summed E-state index contributed by atoms with van der Waals surface area (Å²) in [6, 6.07) is 9.53. The normalized spacial score (nSPS) is 26.8. The summed E-state index contributed by atoms with van der Waals surface area (Å²) in [5, 5.41) is 3.90. The molecule has 0 aliphatic heterocycles. The zero-order valence-electron chi connectivity index (χ0n) is 13.7. The van der Waals surface area contributed by atoms with E-state index in [0.717, 1.165) is 17.8 Å². The Balaban J connectivity index is 2.13. The van der Waals surface area contributed by atoms with Gasteiger partial charge in [-0.25, -0.2) is 0 Å². The summed E-state index contributed by atoms with van der Waals surface area (Å²) in [6.45, 7) is 9.43. The summed E-state index contributed by atoms with van der Waals surface area (Å²) in [5.41, 5.74) is 2.86. The lowest BCUT2D eigenvalue weighted by atomic mass is 9.74. The molecule has 0 bridgehead atoms. The molecule has 0 spiro atoms. The largest absolute Gasteiger partial charge is 0.382 e. The smallest absolute Gasteiger partial charge is 0.0374 e. The first-order valence-corrected chi connectivity index (χ1v) is 8.46. The lowest BCUT2D eigenvalue weighted by molar-refractivity contribution is 0.212. The van der Waals surface area contributed by atoms with Crippen LogP contribution in [0.25, 0.3) is 0 Å². The van der Waals surface area contributed by atoms with E-state index in [1.165, 1.54) is 43.4 Å². The van der Waals surface area contributed by atoms with E-state index in [9.17, 15) is 0 Å². The minimum atomic E-state index is 0.650. The minimum absolute atomic E-state index is 0.650. The van der Waals surface area contributed by atoms with Crippen molar-refractivity contribution < 1.29 is 0 Å². The second-order valence-corrected chi connectivity index (χ2v) is 6.98. The van der Waals surface area contributed by atoms with Gasteiger partial charge in [0.25, 0.3) is 0 Å². The number of rotatable bonds is 5. The van der Waals surface area contributed by atoms with Crippen LogP contribution in [0.5, 0.6) is 0 Å². The highest BCUT2D eigenvalue weighted by Gasteiger charge is 2.30. The van der Waals surface area contributed by atoms with Crippen molar-refractivity contribution in [2.45, 2.75) is 65.8 Å². The van der Waals surface area contributed by atoms with Crippen molar-refractivity contribution in [1.82, 2.24) is 0 Å². The summed E-state index contributed by atoms with van der Waals surface area (Å²) >= 11 is 0. The summed E-state index contributed by atoms with van der Waals surface area (Å²) in [5.74, 6) is 2.46. The molecule has 0 aromatic heterocycles. The maximum atomic E-state index is 3.90. The molecule has 2 rings (SSSR count). The summed E-state index contributed by atoms with van der Waals surface area (Å²) < 4.78 is 0. The molecule has 20 heavy (non-hydrogen) atoms. The molecule has 112 valence electrons. The fourth-order valence-electron chi connectivity index (χ4n) is 3.72. The maximum absolute atomic E-state index is 3.90. The number of hydrogen-bond acceptors (Lipinski definition) is 1. The van der Waals surface area contributed by atoms with Gasteiger partial charge in [0.05, 0.1) is 0 Å². The van der Waals surface area contributed by atoms with Crippen molar-refractivity contribution in [3.05, 3.63) is 29.8 Å². The molecule has 1 nitrogen and oxygen atoms in total. The molecule has 1 aliphatic rings. The molecule has 1 aromatic carbocycles. The fraction of sp³-hybridized carbons (Fsp3) is 0.684. The Kier molecular flexibility index (Phi) is 5.51. The Morgan fingerprint density at radius 2 is 1.95 bits per heavy atom. The third-order valence-corrected chi connectivity index (χ3v) is 4.90. The highest BCUT2D eigenvalue weighted by molar-refractivity contribution is 5.52. The summed E-state index contributed by atoms with van der Waals surface area (Å²) in [6.07, 6.45) is 6.50. The van der Waals surface area contributed by atoms with E-state index in [-0.39, 0.29) is 0 Å². The predicted molar refractivity (Wildman–Crippen MR) is 89.2 cm³/mol. The first-order chi connectivity index (χ1) is 9.61. The van der Waals surface area contributed by atoms with Gasteiger partial charge in [0.2, 0.25) is 0 Å². The van der Waals surface area contributed by atoms with Crippen LogP contribution < -0.4 is 5.32 Å². The monoisotopic (exact) mass is 273 g/mol. The SMILES string of the molecule is CCCc1ccccc1NC1CC(C)CCC1C(C)C. The quantitative estimate of drug-likeness (QED) is 0.745. The topological polar surface area (TPSA) is 12.0 Å². The second-order valence-electron chi connectivity index (χ2n) is 6.98. The number of nitrogens with one attached hydrogen (secondary N) is 1. The molecule has 3 atom stereocenters. The molecule has 3 unspecified atom stereocenters. The standard InChI is InChI=1S/C19H31N/c1-5-8-16-9-6-7-10-18(16)20-19-13-15(4)11-12-17(19)14(2)3/h6-7,9-10,14-15,17,19-20H,5,8,11-13H2,1-4H3. The molecular formula is C19H31N. The van der Waals surface area contributed by atoms with Gasteiger partial charge in [0.15, 0.2) is 0 Å². The second kappa shape index (κ2) is 7.15. The zero-order chi connectivity index (χ0) is 14.5. The molecule has 1 fully saturated rings. The average molecular weight is 273 g/mol. The molecule has 0 saturated heterocycles. The molecule has 0 radical (unpaired) electrons. The van der Waals surface area contributed by atoms with Crippen molar-refractivity contribution >= 4 is 5.69 Å². The first-order valence-electron chi connectivity index (χ1n) is 8.46. The van der Waals surface area contributed by atoms with E-state index in [2.05, 4.69) is 57.3 Å². The van der Waals surface area contributed by atoms with E-state index in [1.54, 1.807) is 0 Å². The van der Waals surface area contributed by atoms with Crippen LogP contribution in [0.15, 0.2) is 24.3 Å². The van der Waals surface area contributed by atoms with E-state index < -0.39 is 0 Å². The molecule has 1 saturated carbocycles. The van der Waals surface area contributed by atoms with Crippen LogP contribution in [0.4, 0.5) is 5.69 Å². The summed E-state index contributed by atoms with van der Waals surface area (Å²) in [4.78, 5) is 0. The van der Waals surface area contributed by atoms with Gasteiger partial charge in [0.1, 0.15) is 0 Å². The van der Waals surface area contributed by atoms with Gasteiger partial charge < -0.3 is 5.32 Å². The van der Waals surface area contributed by atoms with E-state index in [4.69, 9.17) is 0 Å². The van der Waals surface area contributed by atoms with Gasteiger partial charge >= 0.3 is 0 Å². The lowest BCUT2D eigenvalue weighted by Crippen LogP contribution is -2.38. The van der Waals surface area contributed by atoms with Crippen molar-refractivity contribution in [1.29, 1.82) is 0 Å². The van der Waals surface area contributed by atoms with Gasteiger partial charge in [-0.2, -0.15) is 0 Å². The third kappa shape index (κ3) is 3.77. The number of aryl methyl sites for hydroxylation is 1. The molecule has 1 N–H and O–H groups in total. The van der Waals surface area contributed by atoms with Crippen LogP contribution in [0.1, 0.15) is 58.9 Å². The fourth-order valence-corrected chi connectivity index (χ4v) is 3.72. The predicted octanol–water partition coefficient (Wildman–Crippen LogP) is 5.51. The third-order valence-electron chi connectivity index (χ3n) is 4.90. The number of anilines is 1. The van der Waals surface area contributed by atoms with Gasteiger partial charge in [-0.15, -0.1) is 0 Å². The Bertz CT molecular complexity index is 410. The van der Waals surface area contributed by atoms with E-state index in [0.29, 0.717) is 6.04 Å². The highest BCUT2D eigenvalue weighted by Crippen LogP contribution is 2.35. The zero-order valence-corrected chi connectivity index (χ0v) is 13.7. The minimum Gasteiger partial charge on any atom is -0.382 e. The Morgan fingerprint density at radius 3 is 2.65 bits per heavy atom. The number of benzene rings is 1. The number of hydrogen-bond donors (Lipinski definition) is 1. The lowest BCUT2D eigenvalue weighted by Gasteiger charge is -2.38. The molecule has 1 aromatic rings. The van der Waals surface area contributed by atoms with Crippen molar-refractivity contribution in [2.24, 2.45) is 17.8 Å². The van der Waals surface area contributed by atoms with Crippen LogP contribution >= 0.6 is 0 Å². The van der Waals surface area contributed by atoms with Gasteiger partial charge in [-0.05, 0) is 48.6 Å². The van der Waals surface area contributed by atoms with Gasteiger partial charge in [0, 0.05) is 11.7 Å². The van der Waals surface area contributed by atoms with Crippen molar-refractivity contribution in [2.75, 3.05) is 5.32 Å². The maximum Gasteiger partial charge on any atom is 0.0374 e. The number of para-hydroxylation sites is 1. The first kappa shape index (κ1) is 15.4. The van der Waals surface area contributed by atoms with E-state index in [1.807, 2.05) is 0 Å². The van der Waals surface area contributed by atoms with Crippen molar-refractivity contribution in [3.8, 4) is 0 Å². The van der Waals surface area contributed by atoms with Crippen LogP contribution in [0.2, 0.25) is 0 Å². The molecule has 1 heteroatoms.